The van der Waals surface area contributed by atoms with Gasteiger partial charge in [0.15, 0.2) is 11.5 Å². The van der Waals surface area contributed by atoms with Gasteiger partial charge >= 0.3 is 0 Å². The maximum Gasteiger partial charge on any atom is 0.161 e. The number of hydrogen-bond acceptors (Lipinski definition) is 3. The largest absolute Gasteiger partial charge is 0.486 e. The molecule has 0 unspecified atom stereocenters. The minimum absolute atomic E-state index is 0.663. The van der Waals surface area contributed by atoms with Gasteiger partial charge in [0.05, 0.1) is 0 Å². The van der Waals surface area contributed by atoms with Gasteiger partial charge in [-0.3, -0.25) is 0 Å². The van der Waals surface area contributed by atoms with E-state index in [1.807, 2.05) is 13.1 Å². The molecule has 0 saturated carbocycles. The van der Waals surface area contributed by atoms with Crippen molar-refractivity contribution in [3.63, 3.8) is 0 Å². The van der Waals surface area contributed by atoms with Crippen LogP contribution in [0.1, 0.15) is 24.8 Å². The fourth-order valence-electron chi connectivity index (χ4n) is 2.05. The Hall–Kier alpha value is -1.22. The van der Waals surface area contributed by atoms with Gasteiger partial charge in [0.2, 0.25) is 0 Å². The third-order valence-electron chi connectivity index (χ3n) is 3.00. The van der Waals surface area contributed by atoms with Crippen LogP contribution in [0.5, 0.6) is 11.5 Å². The number of aryl methyl sites for hydroxylation is 1. The van der Waals surface area contributed by atoms with Crippen molar-refractivity contribution in [1.29, 1.82) is 0 Å². The third kappa shape index (κ3) is 3.63. The number of unbranched alkanes of at least 4 members (excludes halogenated alkanes) is 2. The van der Waals surface area contributed by atoms with Gasteiger partial charge in [0.25, 0.3) is 0 Å². The highest BCUT2D eigenvalue weighted by Crippen LogP contribution is 2.31. The van der Waals surface area contributed by atoms with Crippen LogP contribution in [0.2, 0.25) is 0 Å². The summed E-state index contributed by atoms with van der Waals surface area (Å²) in [6, 6.07) is 6.29. The highest BCUT2D eigenvalue weighted by atomic mass is 16.6. The lowest BCUT2D eigenvalue weighted by Gasteiger charge is -2.18. The Balaban J connectivity index is 1.81. The summed E-state index contributed by atoms with van der Waals surface area (Å²) in [6.07, 6.45) is 4.89. The van der Waals surface area contributed by atoms with Crippen LogP contribution in [0.4, 0.5) is 0 Å². The van der Waals surface area contributed by atoms with Crippen LogP contribution >= 0.6 is 0 Å². The lowest BCUT2D eigenvalue weighted by molar-refractivity contribution is 0.171. The highest BCUT2D eigenvalue weighted by molar-refractivity contribution is 5.43. The van der Waals surface area contributed by atoms with Gasteiger partial charge in [0, 0.05) is 0 Å². The number of nitrogens with one attached hydrogen (secondary N) is 1. The number of hydrogen-bond donors (Lipinski definition) is 1. The van der Waals surface area contributed by atoms with E-state index in [-0.39, 0.29) is 0 Å². The van der Waals surface area contributed by atoms with Gasteiger partial charge in [-0.25, -0.2) is 0 Å². The van der Waals surface area contributed by atoms with Crippen LogP contribution in [-0.4, -0.2) is 26.8 Å². The molecule has 0 saturated heterocycles. The molecule has 1 aliphatic heterocycles. The van der Waals surface area contributed by atoms with Gasteiger partial charge < -0.3 is 14.8 Å². The summed E-state index contributed by atoms with van der Waals surface area (Å²) in [5.74, 6) is 1.79. The number of rotatable bonds is 6. The second-order valence-electron chi connectivity index (χ2n) is 4.39. The van der Waals surface area contributed by atoms with Gasteiger partial charge in [-0.15, -0.1) is 0 Å². The van der Waals surface area contributed by atoms with Gasteiger partial charge in [0.1, 0.15) is 13.2 Å². The van der Waals surface area contributed by atoms with E-state index < -0.39 is 0 Å². The van der Waals surface area contributed by atoms with Crippen molar-refractivity contribution in [3.8, 4) is 11.5 Å². The Morgan fingerprint density at radius 3 is 2.71 bits per heavy atom. The summed E-state index contributed by atoms with van der Waals surface area (Å²) < 4.78 is 11.1. The van der Waals surface area contributed by atoms with Crippen molar-refractivity contribution in [2.75, 3.05) is 26.8 Å². The van der Waals surface area contributed by atoms with Gasteiger partial charge in [-0.1, -0.05) is 12.5 Å². The summed E-state index contributed by atoms with van der Waals surface area (Å²) in [5.41, 5.74) is 1.35. The van der Waals surface area contributed by atoms with E-state index in [0.717, 1.165) is 24.5 Å². The molecule has 2 rings (SSSR count). The summed E-state index contributed by atoms with van der Waals surface area (Å²) >= 11 is 0. The molecule has 3 heteroatoms. The van der Waals surface area contributed by atoms with E-state index in [1.165, 1.54) is 24.8 Å². The molecule has 3 nitrogen and oxygen atoms in total. The lowest BCUT2D eigenvalue weighted by atomic mass is 10.1. The predicted octanol–water partition coefficient (Wildman–Crippen LogP) is 2.39. The van der Waals surface area contributed by atoms with E-state index in [1.54, 1.807) is 0 Å². The zero-order valence-electron chi connectivity index (χ0n) is 10.5. The van der Waals surface area contributed by atoms with Gasteiger partial charge in [-0.2, -0.15) is 0 Å². The van der Waals surface area contributed by atoms with Crippen LogP contribution in [0.3, 0.4) is 0 Å². The average molecular weight is 235 g/mol. The predicted molar refractivity (Wildman–Crippen MR) is 68.9 cm³/mol. The summed E-state index contributed by atoms with van der Waals surface area (Å²) in [6.45, 7) is 2.44. The molecule has 1 aromatic carbocycles. The molecule has 17 heavy (non-hydrogen) atoms. The second-order valence-corrected chi connectivity index (χ2v) is 4.39. The Labute approximate surface area is 103 Å². The first kappa shape index (κ1) is 12.2. The Bertz CT molecular complexity index is 352. The monoisotopic (exact) mass is 235 g/mol. The number of ether oxygens (including phenoxy) is 2. The highest BCUT2D eigenvalue weighted by Gasteiger charge is 2.11. The first-order chi connectivity index (χ1) is 8.40. The summed E-state index contributed by atoms with van der Waals surface area (Å²) in [4.78, 5) is 0. The Morgan fingerprint density at radius 1 is 1.06 bits per heavy atom. The quantitative estimate of drug-likeness (QED) is 0.768. The zero-order valence-corrected chi connectivity index (χ0v) is 10.5. The topological polar surface area (TPSA) is 30.5 Å². The van der Waals surface area contributed by atoms with Crippen molar-refractivity contribution in [3.05, 3.63) is 23.8 Å². The SMILES string of the molecule is CNCCCCCc1ccc2c(c1)OCCO2. The standard InChI is InChI=1S/C14H21NO2/c1-15-8-4-2-3-5-12-6-7-13-14(11-12)17-10-9-16-13/h6-7,11,15H,2-5,8-10H2,1H3. The molecular weight excluding hydrogens is 214 g/mol. The lowest BCUT2D eigenvalue weighted by Crippen LogP contribution is -2.15. The first-order valence-electron chi connectivity index (χ1n) is 6.43. The number of benzene rings is 1. The van der Waals surface area contributed by atoms with Crippen LogP contribution in [0, 0.1) is 0 Å². The molecule has 0 radical (unpaired) electrons. The maximum absolute atomic E-state index is 5.57. The maximum atomic E-state index is 5.57. The van der Waals surface area contributed by atoms with E-state index in [9.17, 15) is 0 Å². The minimum Gasteiger partial charge on any atom is -0.486 e. The molecule has 0 spiro atoms. The van der Waals surface area contributed by atoms with Crippen LogP contribution in [0.25, 0.3) is 0 Å². The summed E-state index contributed by atoms with van der Waals surface area (Å²) in [5, 5.41) is 3.17. The van der Waals surface area contributed by atoms with E-state index >= 15 is 0 Å². The molecular formula is C14H21NO2. The Morgan fingerprint density at radius 2 is 1.88 bits per heavy atom. The van der Waals surface area contributed by atoms with E-state index in [2.05, 4.69) is 17.4 Å². The molecule has 0 fully saturated rings. The van der Waals surface area contributed by atoms with Crippen LogP contribution in [0.15, 0.2) is 18.2 Å². The molecule has 0 bridgehead atoms. The zero-order chi connectivity index (χ0) is 11.9. The average Bonchev–Trinajstić information content (AvgIpc) is 2.38. The fraction of sp³-hybridized carbons (Fsp3) is 0.571. The normalized spacial score (nSPS) is 13.7. The summed E-state index contributed by atoms with van der Waals surface area (Å²) in [7, 11) is 2.00. The molecule has 1 aliphatic rings. The molecule has 1 aromatic rings. The third-order valence-corrected chi connectivity index (χ3v) is 3.00. The van der Waals surface area contributed by atoms with Crippen LogP contribution in [-0.2, 0) is 6.42 Å². The molecule has 0 atom stereocenters. The minimum atomic E-state index is 0.663. The molecule has 94 valence electrons. The number of fused-ring (bicyclic) bond motifs is 1. The van der Waals surface area contributed by atoms with Crippen molar-refractivity contribution < 1.29 is 9.47 Å². The van der Waals surface area contributed by atoms with Crippen molar-refractivity contribution >= 4 is 0 Å². The molecule has 0 amide bonds. The fourth-order valence-corrected chi connectivity index (χ4v) is 2.05. The van der Waals surface area contributed by atoms with E-state index in [4.69, 9.17) is 9.47 Å². The van der Waals surface area contributed by atoms with Gasteiger partial charge in [-0.05, 0) is 50.6 Å². The molecule has 0 aliphatic carbocycles. The smallest absolute Gasteiger partial charge is 0.161 e. The van der Waals surface area contributed by atoms with Crippen LogP contribution < -0.4 is 14.8 Å². The van der Waals surface area contributed by atoms with Crippen molar-refractivity contribution in [1.82, 2.24) is 5.32 Å². The molecule has 1 N–H and O–H groups in total. The van der Waals surface area contributed by atoms with Crippen molar-refractivity contribution in [2.45, 2.75) is 25.7 Å². The molecule has 1 heterocycles. The Kier molecular flexibility index (Phi) is 4.68. The van der Waals surface area contributed by atoms with E-state index in [0.29, 0.717) is 13.2 Å². The second kappa shape index (κ2) is 6.50. The first-order valence-corrected chi connectivity index (χ1v) is 6.43. The molecule has 0 aromatic heterocycles. The van der Waals surface area contributed by atoms with Crippen molar-refractivity contribution in [2.24, 2.45) is 0 Å².